The van der Waals surface area contributed by atoms with Crippen molar-refractivity contribution in [2.45, 2.75) is 12.3 Å². The maximum atomic E-state index is 12.8. The molecule has 2 N–H and O–H groups in total. The van der Waals surface area contributed by atoms with E-state index in [1.165, 1.54) is 6.08 Å². The second-order valence-electron chi connectivity index (χ2n) is 3.51. The average molecular weight is 235 g/mol. The van der Waals surface area contributed by atoms with Gasteiger partial charge in [0.15, 0.2) is 5.41 Å². The number of rotatable bonds is 5. The fourth-order valence-corrected chi connectivity index (χ4v) is 1.24. The molecular formula is C9H11F2NO4. The van der Waals surface area contributed by atoms with Crippen LogP contribution in [0.3, 0.4) is 0 Å². The average Bonchev–Trinajstić information content (AvgIpc) is 2.76. The van der Waals surface area contributed by atoms with Crippen molar-refractivity contribution in [3.05, 3.63) is 12.7 Å². The number of alkyl halides is 2. The van der Waals surface area contributed by atoms with E-state index in [2.05, 4.69) is 11.3 Å². The predicted octanol–water partition coefficient (Wildman–Crippen LogP) is 1.01. The van der Waals surface area contributed by atoms with Gasteiger partial charge in [-0.1, -0.05) is 12.7 Å². The molecule has 16 heavy (non-hydrogen) atoms. The van der Waals surface area contributed by atoms with Crippen LogP contribution in [-0.4, -0.2) is 36.2 Å². The summed E-state index contributed by atoms with van der Waals surface area (Å²) in [4.78, 5) is 21.5. The maximum Gasteiger partial charge on any atom is 0.407 e. The summed E-state index contributed by atoms with van der Waals surface area (Å²) in [5, 5.41) is 10.6. The van der Waals surface area contributed by atoms with Gasteiger partial charge in [0.25, 0.3) is 5.92 Å². The molecule has 0 aromatic carbocycles. The Labute approximate surface area is 90.1 Å². The zero-order valence-electron chi connectivity index (χ0n) is 8.33. The maximum absolute atomic E-state index is 12.8. The second-order valence-corrected chi connectivity index (χ2v) is 3.51. The molecule has 7 heteroatoms. The van der Waals surface area contributed by atoms with E-state index in [1.807, 2.05) is 5.32 Å². The lowest BCUT2D eigenvalue weighted by atomic mass is 10.1. The topological polar surface area (TPSA) is 75.6 Å². The van der Waals surface area contributed by atoms with E-state index in [0.29, 0.717) is 0 Å². The van der Waals surface area contributed by atoms with Crippen LogP contribution in [0.1, 0.15) is 6.42 Å². The molecule has 1 aliphatic carbocycles. The molecule has 0 radical (unpaired) electrons. The minimum absolute atomic E-state index is 0.0672. The van der Waals surface area contributed by atoms with Crippen LogP contribution >= 0.6 is 0 Å². The van der Waals surface area contributed by atoms with Crippen molar-refractivity contribution < 1.29 is 28.2 Å². The minimum Gasteiger partial charge on any atom is -0.481 e. The number of carboxylic acids is 1. The number of hydrogen-bond acceptors (Lipinski definition) is 3. The number of carbonyl (C=O) groups excluding carboxylic acids is 1. The molecule has 0 bridgehead atoms. The summed E-state index contributed by atoms with van der Waals surface area (Å²) in [5.41, 5.74) is -2.18. The van der Waals surface area contributed by atoms with Gasteiger partial charge in [-0.05, 0) is 0 Å². The summed E-state index contributed by atoms with van der Waals surface area (Å²) in [7, 11) is 0. The third-order valence-corrected chi connectivity index (χ3v) is 2.38. The summed E-state index contributed by atoms with van der Waals surface area (Å²) < 4.78 is 30.1. The first-order chi connectivity index (χ1) is 7.35. The predicted molar refractivity (Wildman–Crippen MR) is 49.2 cm³/mol. The van der Waals surface area contributed by atoms with Gasteiger partial charge in [-0.25, -0.2) is 13.6 Å². The fourth-order valence-electron chi connectivity index (χ4n) is 1.24. The highest BCUT2D eigenvalue weighted by atomic mass is 19.3. The minimum atomic E-state index is -3.27. The highest BCUT2D eigenvalue weighted by Crippen LogP contribution is 2.60. The molecule has 0 aromatic rings. The number of aliphatic carboxylic acids is 1. The van der Waals surface area contributed by atoms with E-state index < -0.39 is 36.4 Å². The van der Waals surface area contributed by atoms with Crippen LogP contribution in [0.2, 0.25) is 0 Å². The van der Waals surface area contributed by atoms with Crippen LogP contribution in [0.5, 0.6) is 0 Å². The van der Waals surface area contributed by atoms with Gasteiger partial charge in [0, 0.05) is 13.0 Å². The number of nitrogens with one attached hydrogen (secondary N) is 1. The van der Waals surface area contributed by atoms with Crippen molar-refractivity contribution in [1.82, 2.24) is 5.32 Å². The molecule has 1 aliphatic rings. The van der Waals surface area contributed by atoms with E-state index >= 15 is 0 Å². The van der Waals surface area contributed by atoms with E-state index in [0.717, 1.165) is 0 Å². The van der Waals surface area contributed by atoms with Crippen molar-refractivity contribution in [2.24, 2.45) is 5.41 Å². The Morgan fingerprint density at radius 2 is 2.12 bits per heavy atom. The Kier molecular flexibility index (Phi) is 3.16. The molecule has 5 nitrogen and oxygen atoms in total. The fraction of sp³-hybridized carbons (Fsp3) is 0.556. The molecule has 0 saturated heterocycles. The molecule has 1 saturated carbocycles. The van der Waals surface area contributed by atoms with E-state index in [1.54, 1.807) is 0 Å². The summed E-state index contributed by atoms with van der Waals surface area (Å²) >= 11 is 0. The van der Waals surface area contributed by atoms with Crippen molar-refractivity contribution >= 4 is 12.1 Å². The lowest BCUT2D eigenvalue weighted by molar-refractivity contribution is -0.147. The van der Waals surface area contributed by atoms with Crippen LogP contribution in [0, 0.1) is 5.41 Å². The number of alkyl carbamates (subject to hydrolysis) is 1. The van der Waals surface area contributed by atoms with Crippen LogP contribution < -0.4 is 5.32 Å². The monoisotopic (exact) mass is 235 g/mol. The second kappa shape index (κ2) is 4.07. The number of amides is 1. The first kappa shape index (κ1) is 12.4. The van der Waals surface area contributed by atoms with Crippen LogP contribution in [-0.2, 0) is 9.53 Å². The van der Waals surface area contributed by atoms with Crippen LogP contribution in [0.15, 0.2) is 12.7 Å². The third-order valence-electron chi connectivity index (χ3n) is 2.38. The highest BCUT2D eigenvalue weighted by Gasteiger charge is 2.76. The van der Waals surface area contributed by atoms with Crippen molar-refractivity contribution in [3.63, 3.8) is 0 Å². The van der Waals surface area contributed by atoms with E-state index in [4.69, 9.17) is 5.11 Å². The summed E-state index contributed by atoms with van der Waals surface area (Å²) in [6.45, 7) is 2.57. The van der Waals surface area contributed by atoms with Gasteiger partial charge in [0.1, 0.15) is 6.61 Å². The van der Waals surface area contributed by atoms with Gasteiger partial charge in [0.05, 0.1) is 0 Å². The van der Waals surface area contributed by atoms with Crippen LogP contribution in [0.25, 0.3) is 0 Å². The molecule has 1 fully saturated rings. The number of carboxylic acid groups (broad SMARTS) is 1. The molecule has 1 rings (SSSR count). The third kappa shape index (κ3) is 2.12. The molecule has 0 aliphatic heterocycles. The quantitative estimate of drug-likeness (QED) is 0.697. The first-order valence-electron chi connectivity index (χ1n) is 4.48. The van der Waals surface area contributed by atoms with Crippen LogP contribution in [0.4, 0.5) is 13.6 Å². The Balaban J connectivity index is 2.45. The Morgan fingerprint density at radius 1 is 1.56 bits per heavy atom. The molecular weight excluding hydrogens is 224 g/mol. The lowest BCUT2D eigenvalue weighted by Gasteiger charge is -2.11. The van der Waals surface area contributed by atoms with Gasteiger partial charge in [-0.3, -0.25) is 4.79 Å². The number of ether oxygens (including phenoxy) is 1. The summed E-state index contributed by atoms with van der Waals surface area (Å²) in [6.07, 6.45) is -0.404. The van der Waals surface area contributed by atoms with Gasteiger partial charge in [0.2, 0.25) is 0 Å². The lowest BCUT2D eigenvalue weighted by Crippen LogP contribution is -2.37. The van der Waals surface area contributed by atoms with E-state index in [-0.39, 0.29) is 6.61 Å². The smallest absolute Gasteiger partial charge is 0.407 e. The SMILES string of the molecule is C=CCOC(=O)NCC1(C(=O)O)CC1(F)F. The Bertz CT molecular complexity index is 331. The largest absolute Gasteiger partial charge is 0.481 e. The van der Waals surface area contributed by atoms with Crippen molar-refractivity contribution in [2.75, 3.05) is 13.2 Å². The van der Waals surface area contributed by atoms with Gasteiger partial charge in [-0.2, -0.15) is 0 Å². The molecule has 0 aromatic heterocycles. The molecule has 0 heterocycles. The summed E-state index contributed by atoms with van der Waals surface area (Å²) in [6, 6.07) is 0. The molecule has 1 amide bonds. The Hall–Kier alpha value is -1.66. The molecule has 0 spiro atoms. The number of halogens is 2. The highest BCUT2D eigenvalue weighted by molar-refractivity contribution is 5.81. The zero-order valence-corrected chi connectivity index (χ0v) is 8.33. The first-order valence-corrected chi connectivity index (χ1v) is 4.48. The number of carbonyl (C=O) groups is 2. The van der Waals surface area contributed by atoms with Crippen molar-refractivity contribution in [3.8, 4) is 0 Å². The standard InChI is InChI=1S/C9H11F2NO4/c1-2-3-16-7(15)12-5-8(6(13)14)4-9(8,10)11/h2H,1,3-5H2,(H,12,15)(H,13,14). The molecule has 1 atom stereocenters. The summed E-state index contributed by atoms with van der Waals surface area (Å²) in [5.74, 6) is -4.90. The zero-order chi connectivity index (χ0) is 12.4. The van der Waals surface area contributed by atoms with Crippen molar-refractivity contribution in [1.29, 1.82) is 0 Å². The number of hydrogen-bond donors (Lipinski definition) is 2. The van der Waals surface area contributed by atoms with Gasteiger partial charge >= 0.3 is 12.1 Å². The molecule has 90 valence electrons. The Morgan fingerprint density at radius 3 is 2.50 bits per heavy atom. The van der Waals surface area contributed by atoms with E-state index in [9.17, 15) is 18.4 Å². The van der Waals surface area contributed by atoms with Gasteiger partial charge in [-0.15, -0.1) is 0 Å². The normalized spacial score (nSPS) is 25.6. The molecule has 1 unspecified atom stereocenters. The van der Waals surface area contributed by atoms with Gasteiger partial charge < -0.3 is 15.2 Å².